The topological polar surface area (TPSA) is 44.3 Å². The number of hydrogen-bond donors (Lipinski definition) is 3. The minimum absolute atomic E-state index is 0.0329. The SMILES string of the molecule is Oc1c(Cl)cc(Cl)cc1C1=C[C@@H](c2ccc(Cl)cc2Cl)NN1. The van der Waals surface area contributed by atoms with Gasteiger partial charge >= 0.3 is 0 Å². The van der Waals surface area contributed by atoms with Crippen LogP contribution in [0.15, 0.2) is 36.4 Å². The summed E-state index contributed by atoms with van der Waals surface area (Å²) in [5.41, 5.74) is 8.12. The predicted molar refractivity (Wildman–Crippen MR) is 91.6 cm³/mol. The Kier molecular flexibility index (Phi) is 4.44. The summed E-state index contributed by atoms with van der Waals surface area (Å²) in [7, 11) is 0. The fraction of sp³-hybridized carbons (Fsp3) is 0.0667. The van der Waals surface area contributed by atoms with Gasteiger partial charge < -0.3 is 10.5 Å². The van der Waals surface area contributed by atoms with E-state index in [-0.39, 0.29) is 16.8 Å². The molecule has 1 heterocycles. The van der Waals surface area contributed by atoms with Gasteiger partial charge in [-0.2, -0.15) is 0 Å². The third kappa shape index (κ3) is 3.00. The van der Waals surface area contributed by atoms with E-state index in [1.54, 1.807) is 18.2 Å². The van der Waals surface area contributed by atoms with Gasteiger partial charge in [0.1, 0.15) is 5.75 Å². The monoisotopic (exact) mass is 374 g/mol. The van der Waals surface area contributed by atoms with Crippen molar-refractivity contribution in [2.75, 3.05) is 0 Å². The van der Waals surface area contributed by atoms with Crippen LogP contribution in [0.5, 0.6) is 5.75 Å². The van der Waals surface area contributed by atoms with E-state index in [9.17, 15) is 5.11 Å². The van der Waals surface area contributed by atoms with Gasteiger partial charge in [0.15, 0.2) is 0 Å². The van der Waals surface area contributed by atoms with Gasteiger partial charge in [-0.3, -0.25) is 0 Å². The zero-order chi connectivity index (χ0) is 15.9. The number of nitrogens with one attached hydrogen (secondary N) is 2. The normalized spacial score (nSPS) is 17.3. The quantitative estimate of drug-likeness (QED) is 0.676. The summed E-state index contributed by atoms with van der Waals surface area (Å²) in [6.07, 6.45) is 1.89. The maximum absolute atomic E-state index is 10.1. The molecule has 0 saturated carbocycles. The van der Waals surface area contributed by atoms with Crippen molar-refractivity contribution in [1.82, 2.24) is 10.9 Å². The fourth-order valence-electron chi connectivity index (χ4n) is 2.26. The molecule has 0 unspecified atom stereocenters. The molecular formula is C15H10Cl4N2O. The molecule has 7 heteroatoms. The number of rotatable bonds is 2. The Morgan fingerprint density at radius 2 is 1.64 bits per heavy atom. The standard InChI is InChI=1S/C15H10Cl4N2O/c16-7-1-2-9(11(18)4-7)13-6-14(21-20-13)10-3-8(17)5-12(19)15(10)22/h1-6,13,20-22H/t13-/m0/s1. The maximum atomic E-state index is 10.1. The minimum Gasteiger partial charge on any atom is -0.506 e. The van der Waals surface area contributed by atoms with Gasteiger partial charge in [0.25, 0.3) is 0 Å². The second kappa shape index (κ2) is 6.19. The number of halogens is 4. The molecular weight excluding hydrogens is 366 g/mol. The highest BCUT2D eigenvalue weighted by Gasteiger charge is 2.22. The summed E-state index contributed by atoms with van der Waals surface area (Å²) in [6.45, 7) is 0. The smallest absolute Gasteiger partial charge is 0.143 e. The van der Waals surface area contributed by atoms with Gasteiger partial charge in [-0.15, -0.1) is 0 Å². The van der Waals surface area contributed by atoms with Crippen LogP contribution in [0.4, 0.5) is 0 Å². The molecule has 1 aliphatic rings. The van der Waals surface area contributed by atoms with Crippen LogP contribution in [0.2, 0.25) is 20.1 Å². The van der Waals surface area contributed by atoms with Crippen LogP contribution in [0.3, 0.4) is 0 Å². The van der Waals surface area contributed by atoms with Gasteiger partial charge in [-0.25, -0.2) is 5.43 Å². The maximum Gasteiger partial charge on any atom is 0.143 e. The lowest BCUT2D eigenvalue weighted by atomic mass is 10.0. The zero-order valence-corrected chi connectivity index (χ0v) is 14.0. The van der Waals surface area contributed by atoms with Gasteiger partial charge in [-0.05, 0) is 35.9 Å². The van der Waals surface area contributed by atoms with Crippen LogP contribution in [-0.2, 0) is 0 Å². The molecule has 0 fully saturated rings. The van der Waals surface area contributed by atoms with Gasteiger partial charge in [0.2, 0.25) is 0 Å². The molecule has 3 nitrogen and oxygen atoms in total. The predicted octanol–water partition coefficient (Wildman–Crippen LogP) is 5.20. The highest BCUT2D eigenvalue weighted by molar-refractivity contribution is 6.36. The Labute approximate surface area is 147 Å². The summed E-state index contributed by atoms with van der Waals surface area (Å²) in [5, 5.41) is 11.8. The minimum atomic E-state index is -0.170. The van der Waals surface area contributed by atoms with Crippen molar-refractivity contribution in [2.24, 2.45) is 0 Å². The van der Waals surface area contributed by atoms with E-state index in [2.05, 4.69) is 10.9 Å². The van der Waals surface area contributed by atoms with E-state index in [0.29, 0.717) is 26.3 Å². The van der Waals surface area contributed by atoms with E-state index >= 15 is 0 Å². The summed E-state index contributed by atoms with van der Waals surface area (Å²) < 4.78 is 0. The first-order valence-electron chi connectivity index (χ1n) is 6.32. The number of hydrazine groups is 1. The number of phenolic OH excluding ortho intramolecular Hbond substituents is 1. The first-order valence-corrected chi connectivity index (χ1v) is 7.83. The average Bonchev–Trinajstić information content (AvgIpc) is 2.92. The molecule has 0 bridgehead atoms. The summed E-state index contributed by atoms with van der Waals surface area (Å²) in [6, 6.07) is 8.24. The molecule has 2 aromatic rings. The molecule has 22 heavy (non-hydrogen) atoms. The van der Waals surface area contributed by atoms with Gasteiger partial charge in [0, 0.05) is 20.6 Å². The Balaban J connectivity index is 1.98. The van der Waals surface area contributed by atoms with E-state index < -0.39 is 0 Å². The third-order valence-electron chi connectivity index (χ3n) is 3.31. The molecule has 0 aromatic heterocycles. The molecule has 0 radical (unpaired) electrons. The first kappa shape index (κ1) is 15.8. The number of aromatic hydroxyl groups is 1. The average molecular weight is 376 g/mol. The summed E-state index contributed by atoms with van der Waals surface area (Å²) >= 11 is 24.1. The molecule has 2 aromatic carbocycles. The highest BCUT2D eigenvalue weighted by atomic mass is 35.5. The molecule has 0 spiro atoms. The number of phenols is 1. The summed E-state index contributed by atoms with van der Waals surface area (Å²) in [5.74, 6) is -0.0329. The van der Waals surface area contributed by atoms with Gasteiger partial charge in [-0.1, -0.05) is 52.5 Å². The van der Waals surface area contributed by atoms with Crippen molar-refractivity contribution in [1.29, 1.82) is 0 Å². The molecule has 1 aliphatic heterocycles. The van der Waals surface area contributed by atoms with Crippen LogP contribution in [0, 0.1) is 0 Å². The van der Waals surface area contributed by atoms with Crippen LogP contribution < -0.4 is 10.9 Å². The van der Waals surface area contributed by atoms with Crippen LogP contribution in [0.1, 0.15) is 17.2 Å². The van der Waals surface area contributed by atoms with Crippen molar-refractivity contribution in [2.45, 2.75) is 6.04 Å². The van der Waals surface area contributed by atoms with Crippen LogP contribution in [0.25, 0.3) is 5.70 Å². The van der Waals surface area contributed by atoms with E-state index in [1.165, 1.54) is 6.07 Å². The van der Waals surface area contributed by atoms with E-state index in [0.717, 1.165) is 5.56 Å². The third-order valence-corrected chi connectivity index (χ3v) is 4.38. The van der Waals surface area contributed by atoms with Crippen LogP contribution >= 0.6 is 46.4 Å². The molecule has 0 aliphatic carbocycles. The highest BCUT2D eigenvalue weighted by Crippen LogP contribution is 2.37. The Hall–Kier alpha value is -1.10. The number of benzene rings is 2. The lowest BCUT2D eigenvalue weighted by Gasteiger charge is -2.11. The van der Waals surface area contributed by atoms with Gasteiger partial charge in [0.05, 0.1) is 16.8 Å². The van der Waals surface area contributed by atoms with Crippen LogP contribution in [-0.4, -0.2) is 5.11 Å². The first-order chi connectivity index (χ1) is 10.5. The molecule has 0 saturated heterocycles. The Morgan fingerprint density at radius 1 is 0.909 bits per heavy atom. The largest absolute Gasteiger partial charge is 0.506 e. The summed E-state index contributed by atoms with van der Waals surface area (Å²) in [4.78, 5) is 0. The zero-order valence-electron chi connectivity index (χ0n) is 11.0. The number of hydrogen-bond acceptors (Lipinski definition) is 3. The Bertz CT molecular complexity index is 776. The van der Waals surface area contributed by atoms with Crippen molar-refractivity contribution in [3.8, 4) is 5.75 Å². The van der Waals surface area contributed by atoms with Crippen molar-refractivity contribution < 1.29 is 5.11 Å². The molecule has 114 valence electrons. The van der Waals surface area contributed by atoms with Crippen molar-refractivity contribution in [3.63, 3.8) is 0 Å². The fourth-order valence-corrected chi connectivity index (χ4v) is 3.27. The van der Waals surface area contributed by atoms with E-state index in [1.807, 2.05) is 12.1 Å². The molecule has 0 amide bonds. The lowest BCUT2D eigenvalue weighted by molar-refractivity contribution is 0.473. The Morgan fingerprint density at radius 3 is 2.36 bits per heavy atom. The molecule has 3 rings (SSSR count). The second-order valence-corrected chi connectivity index (χ2v) is 6.46. The lowest BCUT2D eigenvalue weighted by Crippen LogP contribution is -2.26. The second-order valence-electron chi connectivity index (χ2n) is 4.78. The molecule has 1 atom stereocenters. The van der Waals surface area contributed by atoms with Crippen molar-refractivity contribution in [3.05, 3.63) is 67.6 Å². The molecule has 3 N–H and O–H groups in total. The van der Waals surface area contributed by atoms with E-state index in [4.69, 9.17) is 46.4 Å². The van der Waals surface area contributed by atoms with Crippen molar-refractivity contribution >= 4 is 52.1 Å².